The van der Waals surface area contributed by atoms with Crippen molar-refractivity contribution in [1.82, 2.24) is 4.98 Å². The molecule has 0 spiro atoms. The topological polar surface area (TPSA) is 125 Å². The number of methoxy groups -OCH3 is 1. The van der Waals surface area contributed by atoms with Crippen molar-refractivity contribution in [3.8, 4) is 11.1 Å². The van der Waals surface area contributed by atoms with Crippen LogP contribution in [0.5, 0.6) is 0 Å². The normalized spacial score (nSPS) is 10.8. The molecule has 31 heavy (non-hydrogen) atoms. The molecule has 0 radical (unpaired) electrons. The van der Waals surface area contributed by atoms with E-state index in [1.165, 1.54) is 37.4 Å². The van der Waals surface area contributed by atoms with E-state index in [0.717, 1.165) is 0 Å². The number of pyridine rings is 1. The zero-order chi connectivity index (χ0) is 22.5. The van der Waals surface area contributed by atoms with E-state index in [0.29, 0.717) is 22.4 Å². The number of esters is 1. The van der Waals surface area contributed by atoms with Crippen LogP contribution in [0, 0.1) is 27.2 Å². The first-order valence-corrected chi connectivity index (χ1v) is 9.07. The third kappa shape index (κ3) is 4.78. The molecule has 0 bridgehead atoms. The van der Waals surface area contributed by atoms with Gasteiger partial charge < -0.3 is 4.74 Å². The summed E-state index contributed by atoms with van der Waals surface area (Å²) in [6, 6.07) is 13.6. The van der Waals surface area contributed by atoms with Gasteiger partial charge in [0.1, 0.15) is 0 Å². The second-order valence-corrected chi connectivity index (χ2v) is 6.56. The number of hydrogen-bond donors (Lipinski definition) is 0. The number of carbonyl (C=O) groups is 1. The van der Waals surface area contributed by atoms with Crippen LogP contribution >= 0.6 is 0 Å². The summed E-state index contributed by atoms with van der Waals surface area (Å²) >= 11 is 0. The van der Waals surface area contributed by atoms with Crippen LogP contribution in [0.4, 0.5) is 11.4 Å². The van der Waals surface area contributed by atoms with Crippen LogP contribution < -0.4 is 0 Å². The minimum atomic E-state index is -0.660. The lowest BCUT2D eigenvalue weighted by molar-refractivity contribution is -0.385. The van der Waals surface area contributed by atoms with E-state index in [-0.39, 0.29) is 22.6 Å². The van der Waals surface area contributed by atoms with Gasteiger partial charge in [-0.05, 0) is 30.2 Å². The SMILES string of the molecule is COC(=O)c1c(-c2cccc([N+](=O)[O-])c2)cc(C)nc1/C=C/c1cccc([N+](=O)[O-])c1. The first-order valence-electron chi connectivity index (χ1n) is 9.07. The highest BCUT2D eigenvalue weighted by atomic mass is 16.6. The van der Waals surface area contributed by atoms with Crippen LogP contribution in [-0.4, -0.2) is 27.9 Å². The fraction of sp³-hybridized carbons (Fsp3) is 0.0909. The molecule has 3 aromatic rings. The number of aryl methyl sites for hydroxylation is 1. The Morgan fingerprint density at radius 1 is 0.968 bits per heavy atom. The largest absolute Gasteiger partial charge is 0.465 e. The lowest BCUT2D eigenvalue weighted by Crippen LogP contribution is -2.09. The van der Waals surface area contributed by atoms with Crippen molar-refractivity contribution >= 4 is 29.5 Å². The fourth-order valence-electron chi connectivity index (χ4n) is 3.07. The molecule has 2 aromatic carbocycles. The second-order valence-electron chi connectivity index (χ2n) is 6.56. The van der Waals surface area contributed by atoms with Crippen molar-refractivity contribution < 1.29 is 19.4 Å². The lowest BCUT2D eigenvalue weighted by Gasteiger charge is -2.12. The summed E-state index contributed by atoms with van der Waals surface area (Å²) in [6.45, 7) is 1.73. The van der Waals surface area contributed by atoms with E-state index in [4.69, 9.17) is 4.74 Å². The molecule has 1 aromatic heterocycles. The average Bonchev–Trinajstić information content (AvgIpc) is 2.77. The Bertz CT molecular complexity index is 1220. The van der Waals surface area contributed by atoms with Gasteiger partial charge in [-0.2, -0.15) is 0 Å². The number of hydrogen-bond acceptors (Lipinski definition) is 7. The molecule has 0 atom stereocenters. The minimum absolute atomic E-state index is 0.0650. The molecule has 9 heteroatoms. The maximum atomic E-state index is 12.6. The predicted molar refractivity (Wildman–Crippen MR) is 114 cm³/mol. The van der Waals surface area contributed by atoms with Crippen molar-refractivity contribution in [1.29, 1.82) is 0 Å². The monoisotopic (exact) mass is 419 g/mol. The van der Waals surface area contributed by atoms with Gasteiger partial charge in [-0.3, -0.25) is 25.2 Å². The predicted octanol–water partition coefficient (Wildman–Crippen LogP) is 4.83. The summed E-state index contributed by atoms with van der Waals surface area (Å²) in [5.41, 5.74) is 2.25. The van der Waals surface area contributed by atoms with Crippen LogP contribution in [0.25, 0.3) is 23.3 Å². The molecule has 0 amide bonds. The van der Waals surface area contributed by atoms with Gasteiger partial charge in [0.15, 0.2) is 0 Å². The summed E-state index contributed by atoms with van der Waals surface area (Å²) in [7, 11) is 1.23. The molecule has 0 aliphatic carbocycles. The highest BCUT2D eigenvalue weighted by Crippen LogP contribution is 2.30. The standard InChI is InChI=1S/C22H17N3O6/c1-14-11-19(16-6-4-8-18(13-16)25(29)30)21(22(26)31-2)20(23-14)10-9-15-5-3-7-17(12-15)24(27)28/h3-13H,1-2H3/b10-9+. The molecule has 0 aliphatic rings. The van der Waals surface area contributed by atoms with Gasteiger partial charge in [0.05, 0.1) is 28.2 Å². The molecule has 1 heterocycles. The zero-order valence-electron chi connectivity index (χ0n) is 16.6. The Balaban J connectivity index is 2.16. The molecular formula is C22H17N3O6. The number of carbonyl (C=O) groups excluding carboxylic acids is 1. The van der Waals surface area contributed by atoms with Crippen LogP contribution in [-0.2, 0) is 4.74 Å². The van der Waals surface area contributed by atoms with E-state index >= 15 is 0 Å². The van der Waals surface area contributed by atoms with E-state index in [2.05, 4.69) is 4.98 Å². The third-order valence-corrected chi connectivity index (χ3v) is 4.45. The summed E-state index contributed by atoms with van der Waals surface area (Å²) < 4.78 is 4.92. The molecule has 0 saturated heterocycles. The van der Waals surface area contributed by atoms with E-state index < -0.39 is 15.8 Å². The Hall–Kier alpha value is -4.40. The molecule has 9 nitrogen and oxygen atoms in total. The first-order chi connectivity index (χ1) is 14.8. The van der Waals surface area contributed by atoms with Crippen LogP contribution in [0.3, 0.4) is 0 Å². The number of benzene rings is 2. The molecule has 0 N–H and O–H groups in total. The van der Waals surface area contributed by atoms with Crippen LogP contribution in [0.2, 0.25) is 0 Å². The summed E-state index contributed by atoms with van der Waals surface area (Å²) in [5, 5.41) is 22.2. The van der Waals surface area contributed by atoms with Crippen molar-refractivity contribution in [2.45, 2.75) is 6.92 Å². The number of non-ortho nitro benzene ring substituents is 2. The molecule has 0 saturated carbocycles. The van der Waals surface area contributed by atoms with Crippen molar-refractivity contribution in [2.75, 3.05) is 7.11 Å². The van der Waals surface area contributed by atoms with Gasteiger partial charge >= 0.3 is 5.97 Å². The van der Waals surface area contributed by atoms with Crippen LogP contribution in [0.15, 0.2) is 54.6 Å². The van der Waals surface area contributed by atoms with Crippen LogP contribution in [0.1, 0.15) is 27.3 Å². The number of nitro groups is 2. The minimum Gasteiger partial charge on any atom is -0.465 e. The number of aromatic nitrogens is 1. The summed E-state index contributed by atoms with van der Waals surface area (Å²) in [5.74, 6) is -0.660. The molecule has 0 unspecified atom stereocenters. The Labute approximate surface area is 176 Å². The third-order valence-electron chi connectivity index (χ3n) is 4.45. The molecule has 0 fully saturated rings. The zero-order valence-corrected chi connectivity index (χ0v) is 16.6. The molecule has 156 valence electrons. The van der Waals surface area contributed by atoms with E-state index in [1.807, 2.05) is 0 Å². The van der Waals surface area contributed by atoms with Crippen molar-refractivity contribution in [3.63, 3.8) is 0 Å². The van der Waals surface area contributed by atoms with Crippen molar-refractivity contribution in [2.24, 2.45) is 0 Å². The molecular weight excluding hydrogens is 402 g/mol. The number of nitrogens with zero attached hydrogens (tertiary/aromatic N) is 3. The summed E-state index contributed by atoms with van der Waals surface area (Å²) in [6.07, 6.45) is 3.15. The van der Waals surface area contributed by atoms with Gasteiger partial charge in [-0.25, -0.2) is 4.79 Å². The van der Waals surface area contributed by atoms with Gasteiger partial charge in [0, 0.05) is 35.5 Å². The Kier molecular flexibility index (Phi) is 6.15. The van der Waals surface area contributed by atoms with Gasteiger partial charge in [0.25, 0.3) is 11.4 Å². The van der Waals surface area contributed by atoms with E-state index in [1.54, 1.807) is 43.3 Å². The maximum Gasteiger partial charge on any atom is 0.340 e. The summed E-state index contributed by atoms with van der Waals surface area (Å²) in [4.78, 5) is 38.1. The fourth-order valence-corrected chi connectivity index (χ4v) is 3.07. The van der Waals surface area contributed by atoms with Crippen molar-refractivity contribution in [3.05, 3.63) is 97.3 Å². The van der Waals surface area contributed by atoms with E-state index in [9.17, 15) is 25.0 Å². The first kappa shape index (κ1) is 21.3. The number of ether oxygens (including phenoxy) is 1. The second kappa shape index (κ2) is 8.95. The van der Waals surface area contributed by atoms with Gasteiger partial charge in [-0.15, -0.1) is 0 Å². The maximum absolute atomic E-state index is 12.6. The highest BCUT2D eigenvalue weighted by molar-refractivity contribution is 6.01. The number of nitro benzene ring substituents is 2. The number of rotatable bonds is 6. The molecule has 0 aliphatic heterocycles. The van der Waals surface area contributed by atoms with Gasteiger partial charge in [0.2, 0.25) is 0 Å². The Morgan fingerprint density at radius 3 is 2.26 bits per heavy atom. The smallest absolute Gasteiger partial charge is 0.340 e. The van der Waals surface area contributed by atoms with Gasteiger partial charge in [-0.1, -0.05) is 30.3 Å². The quantitative estimate of drug-likeness (QED) is 0.318. The average molecular weight is 419 g/mol. The molecule has 3 rings (SSSR count). The lowest BCUT2D eigenvalue weighted by atomic mass is 9.97. The highest BCUT2D eigenvalue weighted by Gasteiger charge is 2.20. The Morgan fingerprint density at radius 2 is 1.61 bits per heavy atom.